The molecule has 3 aliphatic rings. The number of hydrogen-bond acceptors (Lipinski definition) is 16. The van der Waals surface area contributed by atoms with E-state index in [-0.39, 0.29) is 28.0 Å². The summed E-state index contributed by atoms with van der Waals surface area (Å²) in [7, 11) is -10.1. The van der Waals surface area contributed by atoms with Gasteiger partial charge in [-0.1, -0.05) is 0 Å². The Balaban J connectivity index is 1.20. The van der Waals surface area contributed by atoms with Gasteiger partial charge in [-0.25, -0.2) is 29.1 Å². The number of fused-ring (bicyclic) bond motifs is 5. The number of phosphoric ester groups is 2. The number of nitrogen functional groups attached to an aromatic ring is 1. The predicted molar refractivity (Wildman–Crippen MR) is 141 cm³/mol. The molecule has 21 nitrogen and oxygen atoms in total. The van der Waals surface area contributed by atoms with E-state index in [1.54, 1.807) is 0 Å². The van der Waals surface area contributed by atoms with E-state index < -0.39 is 83.5 Å². The lowest BCUT2D eigenvalue weighted by Gasteiger charge is -2.26. The lowest BCUT2D eigenvalue weighted by Crippen LogP contribution is -2.36. The summed E-state index contributed by atoms with van der Waals surface area (Å²) in [6.07, 6.45) is -7.33. The molecule has 10 atom stereocenters. The van der Waals surface area contributed by atoms with Gasteiger partial charge in [-0.3, -0.25) is 27.5 Å². The Morgan fingerprint density at radius 2 is 1.52 bits per heavy atom. The third-order valence-corrected chi connectivity index (χ3v) is 9.34. The Bertz CT molecular complexity index is 1880. The molecule has 7 N–H and O–H groups in total. The standard InChI is InChI=1S/C21H24N8O13P2/c22-17-12-18(25-5-24-17)29(7-27-12)20-14(31)15-10(40-20)4-38-44(35,36)42-16-13(30)9(3-37-43(33,34)41-15)39-21(16)28-6-26-11-8(28)1-2-23-19(11)32/h1-2,5-7,9-10,13-16,20-21,30-31H,3-4H2,(H,23,32)(H,33,34)(H,35,36)(H2,22,24,25)/t9?,10?,13-,14-,15-,16-,20-,21-/m1/s1. The molecular formula is C21H24N8O13P2. The van der Waals surface area contributed by atoms with E-state index in [9.17, 15) is 33.9 Å². The molecule has 4 aromatic heterocycles. The maximum absolute atomic E-state index is 13.2. The average Bonchev–Trinajstić information content (AvgIpc) is 3.73. The SMILES string of the molecule is Nc1ncnc2c1ncn2[C@@H]1OC2COP(=O)(O)O[C@@H]3[C@H](O)C(COP(=O)(O)O[C@H]2[C@H]1O)O[C@H]3n1cnc2c(=O)[nH]ccc21. The largest absolute Gasteiger partial charge is 0.472 e. The second-order valence-electron chi connectivity index (χ2n) is 10.1. The van der Waals surface area contributed by atoms with Gasteiger partial charge in [0.05, 0.1) is 31.4 Å². The van der Waals surface area contributed by atoms with E-state index in [0.717, 1.165) is 6.33 Å². The molecule has 7 rings (SSSR count). The van der Waals surface area contributed by atoms with Crippen LogP contribution in [-0.4, -0.2) is 104 Å². The van der Waals surface area contributed by atoms with Gasteiger partial charge in [-0.2, -0.15) is 0 Å². The van der Waals surface area contributed by atoms with E-state index in [0.29, 0.717) is 0 Å². The van der Waals surface area contributed by atoms with Gasteiger partial charge in [0.1, 0.15) is 48.5 Å². The van der Waals surface area contributed by atoms with Crippen molar-refractivity contribution in [1.29, 1.82) is 0 Å². The summed E-state index contributed by atoms with van der Waals surface area (Å²) < 4.78 is 61.3. The number of aromatic amines is 1. The van der Waals surface area contributed by atoms with Crippen molar-refractivity contribution in [2.45, 2.75) is 49.1 Å². The van der Waals surface area contributed by atoms with E-state index in [1.165, 1.54) is 34.1 Å². The third-order valence-electron chi connectivity index (χ3n) is 7.37. The van der Waals surface area contributed by atoms with Crippen molar-refractivity contribution in [3.05, 3.63) is 41.6 Å². The first-order valence-corrected chi connectivity index (χ1v) is 15.9. The fourth-order valence-corrected chi connectivity index (χ4v) is 7.24. The van der Waals surface area contributed by atoms with Crippen LogP contribution >= 0.6 is 15.6 Å². The molecule has 0 radical (unpaired) electrons. The minimum absolute atomic E-state index is 0.00694. The number of anilines is 1. The summed E-state index contributed by atoms with van der Waals surface area (Å²) in [5.74, 6) is 0.0443. The highest BCUT2D eigenvalue weighted by atomic mass is 31.2. The molecule has 3 aliphatic heterocycles. The van der Waals surface area contributed by atoms with Crippen LogP contribution in [0.15, 0.2) is 36.0 Å². The smallest absolute Gasteiger partial charge is 0.387 e. The number of imidazole rings is 2. The van der Waals surface area contributed by atoms with Crippen LogP contribution in [0.4, 0.5) is 5.82 Å². The Hall–Kier alpha value is -3.17. The van der Waals surface area contributed by atoms with Crippen molar-refractivity contribution in [1.82, 2.24) is 34.1 Å². The van der Waals surface area contributed by atoms with Crippen LogP contribution in [0.5, 0.6) is 0 Å². The van der Waals surface area contributed by atoms with Gasteiger partial charge in [0.25, 0.3) is 5.56 Å². The van der Waals surface area contributed by atoms with Crippen LogP contribution in [0.1, 0.15) is 12.5 Å². The summed E-state index contributed by atoms with van der Waals surface area (Å²) in [6.45, 7) is -1.58. The van der Waals surface area contributed by atoms with Gasteiger partial charge in [0.2, 0.25) is 0 Å². The highest BCUT2D eigenvalue weighted by molar-refractivity contribution is 7.47. The van der Waals surface area contributed by atoms with Gasteiger partial charge in [0.15, 0.2) is 29.4 Å². The number of aliphatic hydroxyl groups excluding tert-OH is 2. The number of nitrogens with two attached hydrogens (primary N) is 1. The van der Waals surface area contributed by atoms with Crippen molar-refractivity contribution in [2.24, 2.45) is 0 Å². The lowest BCUT2D eigenvalue weighted by molar-refractivity contribution is -0.0671. The zero-order chi connectivity index (χ0) is 31.0. The Morgan fingerprint density at radius 3 is 2.30 bits per heavy atom. The van der Waals surface area contributed by atoms with Crippen LogP contribution in [0.25, 0.3) is 22.2 Å². The number of aliphatic hydroxyl groups is 2. The van der Waals surface area contributed by atoms with E-state index in [4.69, 9.17) is 33.3 Å². The monoisotopic (exact) mass is 658 g/mol. The van der Waals surface area contributed by atoms with Crippen molar-refractivity contribution < 1.29 is 56.7 Å². The minimum Gasteiger partial charge on any atom is -0.387 e. The summed E-state index contributed by atoms with van der Waals surface area (Å²) in [6, 6.07) is 1.48. The molecule has 44 heavy (non-hydrogen) atoms. The number of hydrogen-bond donors (Lipinski definition) is 6. The topological polar surface area (TPSA) is 291 Å². The summed E-state index contributed by atoms with van der Waals surface area (Å²) in [5.41, 5.74) is 5.88. The average molecular weight is 658 g/mol. The molecule has 4 aromatic rings. The van der Waals surface area contributed by atoms with Crippen molar-refractivity contribution in [3.8, 4) is 0 Å². The highest BCUT2D eigenvalue weighted by Gasteiger charge is 2.53. The number of aromatic nitrogens is 7. The molecule has 236 valence electrons. The number of rotatable bonds is 2. The molecule has 2 bridgehead atoms. The lowest BCUT2D eigenvalue weighted by atomic mass is 10.1. The summed E-state index contributed by atoms with van der Waals surface area (Å²) in [5, 5.41) is 22.1. The van der Waals surface area contributed by atoms with Crippen LogP contribution in [0.2, 0.25) is 0 Å². The maximum Gasteiger partial charge on any atom is 0.472 e. The van der Waals surface area contributed by atoms with Crippen LogP contribution < -0.4 is 11.3 Å². The second kappa shape index (κ2) is 10.7. The van der Waals surface area contributed by atoms with Crippen LogP contribution in [0.3, 0.4) is 0 Å². The first-order chi connectivity index (χ1) is 20.9. The summed E-state index contributed by atoms with van der Waals surface area (Å²) in [4.78, 5) is 51.9. The number of pyridine rings is 1. The number of nitrogens with zero attached hydrogens (tertiary/aromatic N) is 6. The predicted octanol–water partition coefficient (Wildman–Crippen LogP) is -1.32. The van der Waals surface area contributed by atoms with Crippen molar-refractivity contribution >= 4 is 43.7 Å². The number of H-pyrrole nitrogens is 1. The first-order valence-electron chi connectivity index (χ1n) is 12.9. The van der Waals surface area contributed by atoms with Crippen LogP contribution in [0, 0.1) is 0 Å². The normalized spacial score (nSPS) is 38.3. The third kappa shape index (κ3) is 5.06. The quantitative estimate of drug-likeness (QED) is 0.136. The van der Waals surface area contributed by atoms with Gasteiger partial charge >= 0.3 is 15.6 Å². The molecule has 4 unspecified atom stereocenters. The molecule has 23 heteroatoms. The second-order valence-corrected chi connectivity index (χ2v) is 12.9. The summed E-state index contributed by atoms with van der Waals surface area (Å²) >= 11 is 0. The molecule has 7 heterocycles. The molecule has 0 amide bonds. The zero-order valence-electron chi connectivity index (χ0n) is 22.0. The van der Waals surface area contributed by atoms with Crippen molar-refractivity contribution in [2.75, 3.05) is 18.9 Å². The maximum atomic E-state index is 13.2. The molecule has 3 fully saturated rings. The van der Waals surface area contributed by atoms with Gasteiger partial charge in [-0.15, -0.1) is 0 Å². The Labute approximate surface area is 244 Å². The first kappa shape index (κ1) is 29.5. The molecular weight excluding hydrogens is 634 g/mol. The van der Waals surface area contributed by atoms with Gasteiger partial charge in [0, 0.05) is 6.20 Å². The molecule has 0 spiro atoms. The fraction of sp³-hybridized carbons (Fsp3) is 0.476. The Morgan fingerprint density at radius 1 is 0.864 bits per heavy atom. The van der Waals surface area contributed by atoms with E-state index in [2.05, 4.69) is 24.9 Å². The number of ether oxygens (including phenoxy) is 2. The van der Waals surface area contributed by atoms with Crippen LogP contribution in [-0.2, 0) is 36.7 Å². The molecule has 0 aliphatic carbocycles. The Kier molecular flexibility index (Phi) is 7.20. The highest BCUT2D eigenvalue weighted by Crippen LogP contribution is 2.53. The van der Waals surface area contributed by atoms with Gasteiger partial charge in [-0.05, 0) is 6.07 Å². The zero-order valence-corrected chi connectivity index (χ0v) is 23.8. The number of phosphoric acid groups is 2. The van der Waals surface area contributed by atoms with Crippen molar-refractivity contribution in [3.63, 3.8) is 0 Å². The van der Waals surface area contributed by atoms with Gasteiger partial charge < -0.3 is 44.8 Å². The minimum atomic E-state index is -5.06. The molecule has 3 saturated heterocycles. The van der Waals surface area contributed by atoms with E-state index >= 15 is 0 Å². The molecule has 0 saturated carbocycles. The number of nitrogens with one attached hydrogen (secondary N) is 1. The molecule has 0 aromatic carbocycles. The van der Waals surface area contributed by atoms with E-state index in [1.807, 2.05) is 0 Å². The fourth-order valence-electron chi connectivity index (χ4n) is 5.35.